The van der Waals surface area contributed by atoms with Crippen molar-refractivity contribution in [1.29, 1.82) is 0 Å². The molecule has 180 valence electrons. The summed E-state index contributed by atoms with van der Waals surface area (Å²) in [5, 5.41) is 9.45. The van der Waals surface area contributed by atoms with E-state index in [0.29, 0.717) is 17.8 Å². The lowest BCUT2D eigenvalue weighted by Crippen LogP contribution is -2.12. The molecule has 0 saturated heterocycles. The first-order valence-corrected chi connectivity index (χ1v) is 10.4. The van der Waals surface area contributed by atoms with Crippen LogP contribution >= 0.6 is 11.6 Å². The van der Waals surface area contributed by atoms with Gasteiger partial charge in [0.2, 0.25) is 0 Å². The molecule has 0 bridgehead atoms. The molecule has 35 heavy (non-hydrogen) atoms. The van der Waals surface area contributed by atoms with Crippen LogP contribution in [0.25, 0.3) is 16.9 Å². The van der Waals surface area contributed by atoms with Crippen LogP contribution in [-0.2, 0) is 6.61 Å². The van der Waals surface area contributed by atoms with Gasteiger partial charge in [-0.3, -0.25) is 0 Å². The molecule has 3 aromatic carbocycles. The molecule has 10 heteroatoms. The molecule has 0 saturated carbocycles. The van der Waals surface area contributed by atoms with Crippen molar-refractivity contribution in [1.82, 2.24) is 4.57 Å². The second kappa shape index (κ2) is 9.42. The minimum atomic E-state index is -1.97. The van der Waals surface area contributed by atoms with Gasteiger partial charge in [0.15, 0.2) is 17.5 Å². The number of aryl methyl sites for hydroxylation is 1. The van der Waals surface area contributed by atoms with Crippen molar-refractivity contribution < 1.29 is 36.6 Å². The molecule has 0 spiro atoms. The number of aromatic carboxylic acids is 1. The SMILES string of the molecule is Cc1ccc(-c2cc(Cl)ccc2OCc2ccc(F)cc2F)n1-c1cc(F)c(F)c(C(=O)O)c1F. The lowest BCUT2D eigenvalue weighted by atomic mass is 10.1. The highest BCUT2D eigenvalue weighted by Gasteiger charge is 2.27. The van der Waals surface area contributed by atoms with Gasteiger partial charge in [0.1, 0.15) is 29.6 Å². The van der Waals surface area contributed by atoms with E-state index in [1.165, 1.54) is 34.9 Å². The summed E-state index contributed by atoms with van der Waals surface area (Å²) in [6, 6.07) is 11.0. The number of aromatic nitrogens is 1. The maximum absolute atomic E-state index is 15.1. The van der Waals surface area contributed by atoms with Crippen molar-refractivity contribution in [2.24, 2.45) is 0 Å². The van der Waals surface area contributed by atoms with E-state index in [0.717, 1.165) is 6.07 Å². The molecule has 4 rings (SSSR count). The highest BCUT2D eigenvalue weighted by Crippen LogP contribution is 2.37. The number of carboxylic acid groups (broad SMARTS) is 1. The van der Waals surface area contributed by atoms with Crippen LogP contribution in [0.1, 0.15) is 21.6 Å². The van der Waals surface area contributed by atoms with E-state index in [1.54, 1.807) is 13.0 Å². The predicted molar refractivity (Wildman–Crippen MR) is 118 cm³/mol. The van der Waals surface area contributed by atoms with Crippen LogP contribution in [0.2, 0.25) is 5.02 Å². The van der Waals surface area contributed by atoms with Crippen molar-refractivity contribution in [3.05, 3.63) is 106 Å². The van der Waals surface area contributed by atoms with E-state index in [9.17, 15) is 27.5 Å². The maximum atomic E-state index is 15.1. The summed E-state index contributed by atoms with van der Waals surface area (Å²) < 4.78 is 77.5. The van der Waals surface area contributed by atoms with E-state index in [4.69, 9.17) is 16.3 Å². The molecule has 4 aromatic rings. The van der Waals surface area contributed by atoms with Gasteiger partial charge in [0.25, 0.3) is 0 Å². The van der Waals surface area contributed by atoms with Crippen LogP contribution in [0.5, 0.6) is 5.75 Å². The van der Waals surface area contributed by atoms with Crippen molar-refractivity contribution in [3.8, 4) is 22.7 Å². The van der Waals surface area contributed by atoms with Crippen LogP contribution < -0.4 is 4.74 Å². The monoisotopic (exact) mass is 507 g/mol. The molecule has 1 N–H and O–H groups in total. The fraction of sp³-hybridized carbons (Fsp3) is 0.0800. The summed E-state index contributed by atoms with van der Waals surface area (Å²) in [6.45, 7) is 1.26. The first kappa shape index (κ1) is 24.3. The Morgan fingerprint density at radius 2 is 1.69 bits per heavy atom. The lowest BCUT2D eigenvalue weighted by Gasteiger charge is -2.18. The maximum Gasteiger partial charge on any atom is 0.341 e. The van der Waals surface area contributed by atoms with Gasteiger partial charge in [-0.05, 0) is 49.4 Å². The molecule has 0 amide bonds. The fourth-order valence-electron chi connectivity index (χ4n) is 3.63. The zero-order chi connectivity index (χ0) is 25.4. The number of nitrogens with zero attached hydrogens (tertiary/aromatic N) is 1. The van der Waals surface area contributed by atoms with Gasteiger partial charge < -0.3 is 14.4 Å². The Labute approximate surface area is 200 Å². The van der Waals surface area contributed by atoms with Gasteiger partial charge in [0, 0.05) is 34.0 Å². The van der Waals surface area contributed by atoms with Crippen LogP contribution in [0.4, 0.5) is 22.0 Å². The Morgan fingerprint density at radius 1 is 0.943 bits per heavy atom. The topological polar surface area (TPSA) is 51.5 Å². The van der Waals surface area contributed by atoms with Gasteiger partial charge in [0.05, 0.1) is 11.4 Å². The summed E-state index contributed by atoms with van der Waals surface area (Å²) in [4.78, 5) is 11.4. The Hall–Kier alpha value is -3.85. The van der Waals surface area contributed by atoms with Crippen LogP contribution in [-0.4, -0.2) is 15.6 Å². The van der Waals surface area contributed by atoms with Crippen LogP contribution in [0.15, 0.2) is 54.6 Å². The largest absolute Gasteiger partial charge is 0.488 e. The summed E-state index contributed by atoms with van der Waals surface area (Å²) in [5.41, 5.74) is -1.08. The predicted octanol–water partition coefficient (Wildman–Crippen LogP) is 7.08. The third-order valence-electron chi connectivity index (χ3n) is 5.28. The van der Waals surface area contributed by atoms with E-state index in [2.05, 4.69) is 0 Å². The van der Waals surface area contributed by atoms with Crippen LogP contribution in [0, 0.1) is 36.0 Å². The number of hydrogen-bond donors (Lipinski definition) is 1. The number of carboxylic acids is 1. The molecule has 0 fully saturated rings. The number of rotatable bonds is 6. The molecule has 0 aliphatic rings. The second-order valence-corrected chi connectivity index (χ2v) is 7.98. The van der Waals surface area contributed by atoms with Gasteiger partial charge in [-0.25, -0.2) is 26.7 Å². The van der Waals surface area contributed by atoms with Gasteiger partial charge in [-0.2, -0.15) is 0 Å². The van der Waals surface area contributed by atoms with E-state index in [-0.39, 0.29) is 34.2 Å². The number of carbonyl (C=O) groups is 1. The zero-order valence-electron chi connectivity index (χ0n) is 17.9. The highest BCUT2D eigenvalue weighted by molar-refractivity contribution is 6.31. The molecular formula is C25H15ClF5NO3. The molecule has 0 aliphatic carbocycles. The molecule has 1 aromatic heterocycles. The Balaban J connectivity index is 1.84. The molecule has 4 nitrogen and oxygen atoms in total. The van der Waals surface area contributed by atoms with Crippen LogP contribution in [0.3, 0.4) is 0 Å². The normalized spacial score (nSPS) is 11.1. The molecular weight excluding hydrogens is 493 g/mol. The molecule has 0 atom stereocenters. The third kappa shape index (κ3) is 4.59. The third-order valence-corrected chi connectivity index (χ3v) is 5.52. The summed E-state index contributed by atoms with van der Waals surface area (Å²) in [6.07, 6.45) is 0. The standard InChI is InChI=1S/C25H15ClF5NO3/c1-12-2-6-19(32(12)20-10-18(29)23(30)22(24(20)31)25(33)34)16-8-14(26)4-7-21(16)35-11-13-3-5-15(27)9-17(13)28/h2-10H,11H2,1H3,(H,33,34). The molecule has 0 aliphatic heterocycles. The quantitative estimate of drug-likeness (QED) is 0.224. The molecule has 1 heterocycles. The van der Waals surface area contributed by atoms with Crippen molar-refractivity contribution >= 4 is 17.6 Å². The zero-order valence-corrected chi connectivity index (χ0v) is 18.6. The van der Waals surface area contributed by atoms with Crippen molar-refractivity contribution in [2.45, 2.75) is 13.5 Å². The smallest absolute Gasteiger partial charge is 0.341 e. The first-order valence-electron chi connectivity index (χ1n) is 10.0. The van der Waals surface area contributed by atoms with Crippen molar-refractivity contribution in [2.75, 3.05) is 0 Å². The number of ether oxygens (including phenoxy) is 1. The second-order valence-electron chi connectivity index (χ2n) is 7.55. The highest BCUT2D eigenvalue weighted by atomic mass is 35.5. The van der Waals surface area contributed by atoms with Gasteiger partial charge >= 0.3 is 5.97 Å². The van der Waals surface area contributed by atoms with Gasteiger partial charge in [-0.15, -0.1) is 0 Å². The molecule has 0 radical (unpaired) electrons. The summed E-state index contributed by atoms with van der Waals surface area (Å²) in [5.74, 6) is -8.22. The Kier molecular flexibility index (Phi) is 6.53. The van der Waals surface area contributed by atoms with E-state index in [1.807, 2.05) is 0 Å². The minimum Gasteiger partial charge on any atom is -0.488 e. The lowest BCUT2D eigenvalue weighted by molar-refractivity contribution is 0.0685. The Bertz CT molecular complexity index is 1470. The molecule has 0 unspecified atom stereocenters. The Morgan fingerprint density at radius 3 is 2.37 bits per heavy atom. The number of benzene rings is 3. The number of halogens is 6. The van der Waals surface area contributed by atoms with Crippen molar-refractivity contribution in [3.63, 3.8) is 0 Å². The fourth-order valence-corrected chi connectivity index (χ4v) is 3.80. The minimum absolute atomic E-state index is 0.0663. The van der Waals surface area contributed by atoms with E-state index >= 15 is 4.39 Å². The van der Waals surface area contributed by atoms with E-state index < -0.39 is 46.3 Å². The van der Waals surface area contributed by atoms with Gasteiger partial charge in [-0.1, -0.05) is 11.6 Å². The summed E-state index contributed by atoms with van der Waals surface area (Å²) in [7, 11) is 0. The average Bonchev–Trinajstić information content (AvgIpc) is 3.17. The average molecular weight is 508 g/mol. The number of hydrogen-bond acceptors (Lipinski definition) is 2. The first-order chi connectivity index (χ1) is 16.6. The summed E-state index contributed by atoms with van der Waals surface area (Å²) >= 11 is 6.15.